The number of unbranched alkanes of at least 4 members (excludes halogenated alkanes) is 1. The first-order chi connectivity index (χ1) is 8.36. The molecule has 0 spiro atoms. The Hall–Kier alpha value is -1.76. The molecule has 88 valence electrons. The Balaban J connectivity index is 1.76. The second-order valence-corrected chi connectivity index (χ2v) is 4.39. The molecule has 0 heterocycles. The van der Waals surface area contributed by atoms with E-state index in [1.165, 1.54) is 24.0 Å². The number of rotatable bonds is 5. The van der Waals surface area contributed by atoms with E-state index in [0.29, 0.717) is 0 Å². The fourth-order valence-corrected chi connectivity index (χ4v) is 2.05. The molecule has 0 atom stereocenters. The quantitative estimate of drug-likeness (QED) is 0.607. The van der Waals surface area contributed by atoms with Crippen LogP contribution in [0.25, 0.3) is 0 Å². The van der Waals surface area contributed by atoms with E-state index in [0.717, 1.165) is 18.5 Å². The molecule has 0 fully saturated rings. The standard InChI is InChI=1S/C16H19N/c17-16-13-7-6-12-15(16)11-5-4-10-14-8-2-1-3-9-14/h1-3,6-9,12-13H,4-5,10-11,17H2. The monoisotopic (exact) mass is 225 g/mol. The van der Waals surface area contributed by atoms with Crippen LogP contribution in [0.4, 0.5) is 5.69 Å². The van der Waals surface area contributed by atoms with E-state index >= 15 is 0 Å². The number of nitrogen functional groups attached to an aromatic ring is 1. The highest BCUT2D eigenvalue weighted by molar-refractivity contribution is 5.46. The zero-order chi connectivity index (χ0) is 11.9. The molecule has 0 aliphatic carbocycles. The fourth-order valence-electron chi connectivity index (χ4n) is 2.05. The topological polar surface area (TPSA) is 26.0 Å². The van der Waals surface area contributed by atoms with Gasteiger partial charge in [0.1, 0.15) is 0 Å². The van der Waals surface area contributed by atoms with Crippen LogP contribution in [0.2, 0.25) is 0 Å². The number of anilines is 1. The predicted octanol–water partition coefficient (Wildman–Crippen LogP) is 3.83. The highest BCUT2D eigenvalue weighted by Gasteiger charge is 1.98. The van der Waals surface area contributed by atoms with E-state index in [4.69, 9.17) is 5.73 Å². The first-order valence-corrected chi connectivity index (χ1v) is 6.23. The molecule has 0 saturated heterocycles. The summed E-state index contributed by atoms with van der Waals surface area (Å²) in [5.74, 6) is 0. The number of hydrogen-bond acceptors (Lipinski definition) is 1. The van der Waals surface area contributed by atoms with Crippen LogP contribution in [0, 0.1) is 0 Å². The van der Waals surface area contributed by atoms with Gasteiger partial charge in [-0.3, -0.25) is 0 Å². The summed E-state index contributed by atoms with van der Waals surface area (Å²) >= 11 is 0. The van der Waals surface area contributed by atoms with E-state index in [-0.39, 0.29) is 0 Å². The van der Waals surface area contributed by atoms with Crippen LogP contribution in [0.15, 0.2) is 54.6 Å². The van der Waals surface area contributed by atoms with Crippen LogP contribution in [0.5, 0.6) is 0 Å². The van der Waals surface area contributed by atoms with Crippen molar-refractivity contribution in [2.24, 2.45) is 0 Å². The lowest BCUT2D eigenvalue weighted by molar-refractivity contribution is 0.735. The van der Waals surface area contributed by atoms with Gasteiger partial charge in [0, 0.05) is 5.69 Å². The van der Waals surface area contributed by atoms with Gasteiger partial charge < -0.3 is 5.73 Å². The summed E-state index contributed by atoms with van der Waals surface area (Å²) in [5.41, 5.74) is 9.54. The molecule has 0 aliphatic rings. The number of hydrogen-bond donors (Lipinski definition) is 1. The lowest BCUT2D eigenvalue weighted by Crippen LogP contribution is -1.94. The van der Waals surface area contributed by atoms with Crippen molar-refractivity contribution in [3.63, 3.8) is 0 Å². The normalized spacial score (nSPS) is 10.4. The predicted molar refractivity (Wildman–Crippen MR) is 73.9 cm³/mol. The average molecular weight is 225 g/mol. The van der Waals surface area contributed by atoms with Crippen molar-refractivity contribution < 1.29 is 0 Å². The van der Waals surface area contributed by atoms with E-state index in [9.17, 15) is 0 Å². The van der Waals surface area contributed by atoms with Crippen molar-refractivity contribution in [1.29, 1.82) is 0 Å². The highest BCUT2D eigenvalue weighted by Crippen LogP contribution is 2.14. The molecule has 0 aliphatic heterocycles. The van der Waals surface area contributed by atoms with Crippen molar-refractivity contribution in [3.05, 3.63) is 65.7 Å². The number of para-hydroxylation sites is 1. The van der Waals surface area contributed by atoms with Crippen molar-refractivity contribution in [3.8, 4) is 0 Å². The van der Waals surface area contributed by atoms with Gasteiger partial charge in [-0.25, -0.2) is 0 Å². The van der Waals surface area contributed by atoms with Crippen molar-refractivity contribution >= 4 is 5.69 Å². The summed E-state index contributed by atoms with van der Waals surface area (Å²) in [6.45, 7) is 0. The molecule has 2 aromatic carbocycles. The summed E-state index contributed by atoms with van der Waals surface area (Å²) in [5, 5.41) is 0. The Morgan fingerprint density at radius 2 is 1.35 bits per heavy atom. The molecular weight excluding hydrogens is 206 g/mol. The van der Waals surface area contributed by atoms with Crippen LogP contribution in [-0.4, -0.2) is 0 Å². The number of aryl methyl sites for hydroxylation is 2. The van der Waals surface area contributed by atoms with Gasteiger partial charge in [-0.15, -0.1) is 0 Å². The first kappa shape index (κ1) is 11.7. The molecule has 0 radical (unpaired) electrons. The van der Waals surface area contributed by atoms with Crippen LogP contribution < -0.4 is 5.73 Å². The Morgan fingerprint density at radius 3 is 2.12 bits per heavy atom. The molecule has 0 bridgehead atoms. The minimum absolute atomic E-state index is 0.923. The Kier molecular flexibility index (Phi) is 4.20. The van der Waals surface area contributed by atoms with Gasteiger partial charge in [-0.1, -0.05) is 48.5 Å². The molecule has 0 unspecified atom stereocenters. The van der Waals surface area contributed by atoms with E-state index in [2.05, 4.69) is 42.5 Å². The highest BCUT2D eigenvalue weighted by atomic mass is 14.6. The summed E-state index contributed by atoms with van der Waals surface area (Å²) in [7, 11) is 0. The Bertz CT molecular complexity index is 448. The van der Waals surface area contributed by atoms with Crippen LogP contribution >= 0.6 is 0 Å². The fraction of sp³-hybridized carbons (Fsp3) is 0.250. The average Bonchev–Trinajstić information content (AvgIpc) is 2.38. The minimum atomic E-state index is 0.923. The molecule has 0 saturated carbocycles. The van der Waals surface area contributed by atoms with Crippen molar-refractivity contribution in [2.45, 2.75) is 25.7 Å². The van der Waals surface area contributed by atoms with E-state index < -0.39 is 0 Å². The van der Waals surface area contributed by atoms with Gasteiger partial charge in [0.05, 0.1) is 0 Å². The van der Waals surface area contributed by atoms with Crippen LogP contribution in [-0.2, 0) is 12.8 Å². The van der Waals surface area contributed by atoms with E-state index in [1.807, 2.05) is 12.1 Å². The maximum Gasteiger partial charge on any atom is 0.0346 e. The SMILES string of the molecule is Nc1ccccc1CCCCc1ccccc1. The third-order valence-corrected chi connectivity index (χ3v) is 3.06. The lowest BCUT2D eigenvalue weighted by Gasteiger charge is -2.05. The van der Waals surface area contributed by atoms with Crippen molar-refractivity contribution in [2.75, 3.05) is 5.73 Å². The van der Waals surface area contributed by atoms with Gasteiger partial charge >= 0.3 is 0 Å². The van der Waals surface area contributed by atoms with Gasteiger partial charge in [-0.2, -0.15) is 0 Å². The Labute approximate surface area is 103 Å². The summed E-state index contributed by atoms with van der Waals surface area (Å²) in [6.07, 6.45) is 4.66. The number of benzene rings is 2. The summed E-state index contributed by atoms with van der Waals surface area (Å²) in [6, 6.07) is 18.8. The molecule has 2 rings (SSSR count). The van der Waals surface area contributed by atoms with Crippen molar-refractivity contribution in [1.82, 2.24) is 0 Å². The van der Waals surface area contributed by atoms with Gasteiger partial charge in [0.25, 0.3) is 0 Å². The smallest absolute Gasteiger partial charge is 0.0346 e. The van der Waals surface area contributed by atoms with Gasteiger partial charge in [-0.05, 0) is 42.9 Å². The first-order valence-electron chi connectivity index (χ1n) is 6.23. The minimum Gasteiger partial charge on any atom is -0.399 e. The molecule has 17 heavy (non-hydrogen) atoms. The van der Waals surface area contributed by atoms with Crippen LogP contribution in [0.3, 0.4) is 0 Å². The molecular formula is C16H19N. The largest absolute Gasteiger partial charge is 0.399 e. The van der Waals surface area contributed by atoms with Gasteiger partial charge in [0.15, 0.2) is 0 Å². The maximum atomic E-state index is 5.91. The zero-order valence-electron chi connectivity index (χ0n) is 10.1. The molecule has 0 amide bonds. The van der Waals surface area contributed by atoms with E-state index in [1.54, 1.807) is 0 Å². The molecule has 1 nitrogen and oxygen atoms in total. The second-order valence-electron chi connectivity index (χ2n) is 4.39. The third kappa shape index (κ3) is 3.63. The third-order valence-electron chi connectivity index (χ3n) is 3.06. The summed E-state index contributed by atoms with van der Waals surface area (Å²) < 4.78 is 0. The second kappa shape index (κ2) is 6.09. The van der Waals surface area contributed by atoms with Crippen LogP contribution in [0.1, 0.15) is 24.0 Å². The molecule has 1 heteroatoms. The zero-order valence-corrected chi connectivity index (χ0v) is 10.1. The maximum absolute atomic E-state index is 5.91. The molecule has 2 aromatic rings. The molecule has 2 N–H and O–H groups in total. The Morgan fingerprint density at radius 1 is 0.706 bits per heavy atom. The van der Waals surface area contributed by atoms with Gasteiger partial charge in [0.2, 0.25) is 0 Å². The number of nitrogens with two attached hydrogens (primary N) is 1. The summed E-state index contributed by atoms with van der Waals surface area (Å²) in [4.78, 5) is 0. The molecule has 0 aromatic heterocycles. The lowest BCUT2D eigenvalue weighted by atomic mass is 10.0.